The van der Waals surface area contributed by atoms with Crippen molar-refractivity contribution in [3.8, 4) is 11.5 Å². The van der Waals surface area contributed by atoms with Gasteiger partial charge in [-0.2, -0.15) is 8.78 Å². The average molecular weight is 505 g/mol. The van der Waals surface area contributed by atoms with Crippen LogP contribution < -0.4 is 20.1 Å². The van der Waals surface area contributed by atoms with E-state index in [2.05, 4.69) is 20.4 Å². The van der Waals surface area contributed by atoms with E-state index in [0.29, 0.717) is 24.6 Å². The van der Waals surface area contributed by atoms with Crippen LogP contribution in [0, 0.1) is 0 Å². The van der Waals surface area contributed by atoms with Crippen LogP contribution in [-0.2, 0) is 13.0 Å². The molecule has 0 unspecified atom stereocenters. The zero-order valence-corrected chi connectivity index (χ0v) is 18.3. The van der Waals surface area contributed by atoms with Crippen molar-refractivity contribution >= 4 is 29.9 Å². The first-order valence-corrected chi connectivity index (χ1v) is 8.80. The lowest BCUT2D eigenvalue weighted by atomic mass is 10.1. The van der Waals surface area contributed by atoms with E-state index in [0.717, 1.165) is 12.2 Å². The number of benzene rings is 2. The number of nitrogens with zero attached hydrogens (tertiary/aromatic N) is 1. The Morgan fingerprint density at radius 1 is 1.07 bits per heavy atom. The van der Waals surface area contributed by atoms with Crippen LogP contribution in [-0.4, -0.2) is 32.8 Å². The summed E-state index contributed by atoms with van der Waals surface area (Å²) in [6.07, 6.45) is 0.819. The van der Waals surface area contributed by atoms with Crippen LogP contribution in [0.15, 0.2) is 53.5 Å². The lowest BCUT2D eigenvalue weighted by Crippen LogP contribution is -2.38. The lowest BCUT2D eigenvalue weighted by molar-refractivity contribution is -0.0504. The van der Waals surface area contributed by atoms with Gasteiger partial charge in [0.1, 0.15) is 11.5 Å². The summed E-state index contributed by atoms with van der Waals surface area (Å²) in [4.78, 5) is 4.46. The molecule has 28 heavy (non-hydrogen) atoms. The maximum absolute atomic E-state index is 12.5. The van der Waals surface area contributed by atoms with Crippen molar-refractivity contribution in [1.29, 1.82) is 0 Å². The summed E-state index contributed by atoms with van der Waals surface area (Å²) in [5.41, 5.74) is 1.78. The van der Waals surface area contributed by atoms with Crippen LogP contribution in [0.25, 0.3) is 0 Å². The summed E-state index contributed by atoms with van der Waals surface area (Å²) in [5, 5.41) is 6.39. The number of para-hydroxylation sites is 1. The molecule has 0 saturated heterocycles. The van der Waals surface area contributed by atoms with Crippen molar-refractivity contribution in [1.82, 2.24) is 10.6 Å². The number of guanidine groups is 1. The minimum atomic E-state index is -2.86. The SMILES string of the molecule is CCNC(=NCc1ccccc1OC(F)F)NCCc1ccc(OC)cc1.I. The third-order valence-corrected chi connectivity index (χ3v) is 3.81. The molecule has 0 bridgehead atoms. The molecule has 0 saturated carbocycles. The Kier molecular flexibility index (Phi) is 11.2. The highest BCUT2D eigenvalue weighted by Crippen LogP contribution is 2.20. The maximum Gasteiger partial charge on any atom is 0.387 e. The van der Waals surface area contributed by atoms with Gasteiger partial charge in [-0.25, -0.2) is 4.99 Å². The minimum Gasteiger partial charge on any atom is -0.497 e. The molecule has 0 fully saturated rings. The summed E-state index contributed by atoms with van der Waals surface area (Å²) in [6, 6.07) is 14.5. The van der Waals surface area contributed by atoms with Crippen LogP contribution in [0.3, 0.4) is 0 Å². The van der Waals surface area contributed by atoms with E-state index in [1.165, 1.54) is 11.6 Å². The van der Waals surface area contributed by atoms with Crippen LogP contribution >= 0.6 is 24.0 Å². The molecule has 0 spiro atoms. The largest absolute Gasteiger partial charge is 0.497 e. The molecular weight excluding hydrogens is 479 g/mol. The summed E-state index contributed by atoms with van der Waals surface area (Å²) >= 11 is 0. The second-order valence-electron chi connectivity index (χ2n) is 5.71. The third-order valence-electron chi connectivity index (χ3n) is 3.81. The number of ether oxygens (including phenoxy) is 2. The Hall–Kier alpha value is -2.10. The number of halogens is 3. The Bertz CT molecular complexity index is 728. The fourth-order valence-electron chi connectivity index (χ4n) is 2.47. The molecule has 0 amide bonds. The zero-order chi connectivity index (χ0) is 19.5. The van der Waals surface area contributed by atoms with E-state index in [-0.39, 0.29) is 36.3 Å². The number of aliphatic imine (C=N–C) groups is 1. The van der Waals surface area contributed by atoms with Gasteiger partial charge in [-0.15, -0.1) is 24.0 Å². The Morgan fingerprint density at radius 2 is 1.79 bits per heavy atom. The highest BCUT2D eigenvalue weighted by Gasteiger charge is 2.09. The first-order chi connectivity index (χ1) is 13.1. The van der Waals surface area contributed by atoms with Gasteiger partial charge in [0, 0.05) is 18.7 Å². The highest BCUT2D eigenvalue weighted by molar-refractivity contribution is 14.0. The van der Waals surface area contributed by atoms with Gasteiger partial charge in [-0.1, -0.05) is 30.3 Å². The van der Waals surface area contributed by atoms with Crippen LogP contribution in [0.2, 0.25) is 0 Å². The molecule has 0 atom stereocenters. The molecule has 0 aromatic heterocycles. The number of hydrogen-bond acceptors (Lipinski definition) is 3. The van der Waals surface area contributed by atoms with Gasteiger partial charge in [0.2, 0.25) is 0 Å². The second kappa shape index (κ2) is 13.1. The monoisotopic (exact) mass is 505 g/mol. The molecule has 8 heteroatoms. The molecule has 2 rings (SSSR count). The summed E-state index contributed by atoms with van der Waals surface area (Å²) < 4.78 is 34.7. The van der Waals surface area contributed by atoms with Crippen LogP contribution in [0.1, 0.15) is 18.1 Å². The molecule has 154 valence electrons. The van der Waals surface area contributed by atoms with Crippen molar-refractivity contribution in [2.24, 2.45) is 4.99 Å². The Balaban J connectivity index is 0.00000392. The van der Waals surface area contributed by atoms with Crippen molar-refractivity contribution in [2.75, 3.05) is 20.2 Å². The van der Waals surface area contributed by atoms with Gasteiger partial charge in [0.15, 0.2) is 5.96 Å². The average Bonchev–Trinajstić information content (AvgIpc) is 2.67. The first-order valence-electron chi connectivity index (χ1n) is 8.80. The number of rotatable bonds is 9. The fourth-order valence-corrected chi connectivity index (χ4v) is 2.47. The van der Waals surface area contributed by atoms with Crippen molar-refractivity contribution in [2.45, 2.75) is 26.5 Å². The molecular formula is C20H26F2IN3O2. The molecule has 0 heterocycles. The van der Waals surface area contributed by atoms with Gasteiger partial charge in [0.05, 0.1) is 13.7 Å². The van der Waals surface area contributed by atoms with E-state index in [1.54, 1.807) is 25.3 Å². The zero-order valence-electron chi connectivity index (χ0n) is 16.0. The predicted molar refractivity (Wildman–Crippen MR) is 118 cm³/mol. The predicted octanol–water partition coefficient (Wildman–Crippen LogP) is 4.21. The van der Waals surface area contributed by atoms with E-state index in [4.69, 9.17) is 4.74 Å². The first kappa shape index (κ1) is 23.9. The van der Waals surface area contributed by atoms with E-state index in [1.807, 2.05) is 31.2 Å². The van der Waals surface area contributed by atoms with E-state index < -0.39 is 6.61 Å². The number of nitrogens with one attached hydrogen (secondary N) is 2. The molecule has 2 N–H and O–H groups in total. The summed E-state index contributed by atoms with van der Waals surface area (Å²) in [6.45, 7) is 0.734. The normalized spacial score (nSPS) is 11.0. The van der Waals surface area contributed by atoms with Crippen molar-refractivity contribution in [3.05, 3.63) is 59.7 Å². The smallest absolute Gasteiger partial charge is 0.387 e. The molecule has 0 aliphatic heterocycles. The quantitative estimate of drug-likeness (QED) is 0.305. The van der Waals surface area contributed by atoms with Crippen LogP contribution in [0.5, 0.6) is 11.5 Å². The van der Waals surface area contributed by atoms with Gasteiger partial charge >= 0.3 is 6.61 Å². The lowest BCUT2D eigenvalue weighted by Gasteiger charge is -2.13. The highest BCUT2D eigenvalue weighted by atomic mass is 127. The second-order valence-corrected chi connectivity index (χ2v) is 5.71. The van der Waals surface area contributed by atoms with Gasteiger partial charge in [-0.3, -0.25) is 0 Å². The van der Waals surface area contributed by atoms with Crippen molar-refractivity contribution in [3.63, 3.8) is 0 Å². The molecule has 5 nitrogen and oxygen atoms in total. The standard InChI is InChI=1S/C20H25F2N3O2.HI/c1-3-23-20(24-13-12-15-8-10-17(26-2)11-9-15)25-14-16-6-4-5-7-18(16)27-19(21)22;/h4-11,19H,3,12-14H2,1-2H3,(H2,23,24,25);1H. The maximum atomic E-state index is 12.5. The number of methoxy groups -OCH3 is 1. The van der Waals surface area contributed by atoms with E-state index in [9.17, 15) is 8.78 Å². The van der Waals surface area contributed by atoms with Gasteiger partial charge in [0.25, 0.3) is 0 Å². The summed E-state index contributed by atoms with van der Waals surface area (Å²) in [7, 11) is 1.64. The third kappa shape index (κ3) is 8.28. The molecule has 0 radical (unpaired) electrons. The van der Waals surface area contributed by atoms with Crippen molar-refractivity contribution < 1.29 is 18.3 Å². The Morgan fingerprint density at radius 3 is 2.43 bits per heavy atom. The fraction of sp³-hybridized carbons (Fsp3) is 0.350. The number of hydrogen-bond donors (Lipinski definition) is 2. The van der Waals surface area contributed by atoms with E-state index >= 15 is 0 Å². The molecule has 2 aromatic rings. The molecule has 0 aliphatic rings. The van der Waals surface area contributed by atoms with Gasteiger partial charge < -0.3 is 20.1 Å². The Labute approximate surface area is 181 Å². The summed E-state index contributed by atoms with van der Waals surface area (Å²) in [5.74, 6) is 1.59. The minimum absolute atomic E-state index is 0. The van der Waals surface area contributed by atoms with Gasteiger partial charge in [-0.05, 0) is 37.1 Å². The molecule has 0 aliphatic carbocycles. The molecule has 2 aromatic carbocycles. The number of alkyl halides is 2. The topological polar surface area (TPSA) is 54.9 Å². The van der Waals surface area contributed by atoms with Crippen LogP contribution in [0.4, 0.5) is 8.78 Å².